The number of piperazine rings is 1. The van der Waals surface area contributed by atoms with Gasteiger partial charge in [0.25, 0.3) is 0 Å². The standard InChI is InChI=1S/C14H17BrN2O3/c15-10-1-2-13-9(5-10)6-11(20-13)8-17-4-3-16-7-12(17)14(18)19/h1-2,5,11-12,16H,3-4,6-8H2,(H,18,19). The number of hydrogen-bond donors (Lipinski definition) is 2. The van der Waals surface area contributed by atoms with Crippen molar-refractivity contribution < 1.29 is 14.6 Å². The van der Waals surface area contributed by atoms with Crippen LogP contribution in [0, 0.1) is 0 Å². The van der Waals surface area contributed by atoms with Gasteiger partial charge in [0.15, 0.2) is 0 Å². The molecule has 0 aromatic heterocycles. The molecule has 0 saturated carbocycles. The quantitative estimate of drug-likeness (QED) is 0.863. The highest BCUT2D eigenvalue weighted by Crippen LogP contribution is 2.31. The molecular formula is C14H17BrN2O3. The lowest BCUT2D eigenvalue weighted by molar-refractivity contribution is -0.144. The van der Waals surface area contributed by atoms with Gasteiger partial charge in [-0.1, -0.05) is 15.9 Å². The summed E-state index contributed by atoms with van der Waals surface area (Å²) < 4.78 is 6.96. The van der Waals surface area contributed by atoms with Crippen LogP contribution in [0.15, 0.2) is 22.7 Å². The van der Waals surface area contributed by atoms with Gasteiger partial charge in [-0.05, 0) is 23.8 Å². The summed E-state index contributed by atoms with van der Waals surface area (Å²) in [6.07, 6.45) is 0.879. The van der Waals surface area contributed by atoms with Crippen molar-refractivity contribution in [3.05, 3.63) is 28.2 Å². The third kappa shape index (κ3) is 2.82. The fourth-order valence-electron chi connectivity index (χ4n) is 2.86. The highest BCUT2D eigenvalue weighted by atomic mass is 79.9. The van der Waals surface area contributed by atoms with E-state index in [-0.39, 0.29) is 6.10 Å². The first-order valence-corrected chi connectivity index (χ1v) is 7.55. The topological polar surface area (TPSA) is 61.8 Å². The van der Waals surface area contributed by atoms with Crippen LogP contribution in [0.2, 0.25) is 0 Å². The van der Waals surface area contributed by atoms with Crippen molar-refractivity contribution in [1.29, 1.82) is 0 Å². The molecule has 1 saturated heterocycles. The number of carboxylic acid groups (broad SMARTS) is 1. The Morgan fingerprint density at radius 3 is 3.20 bits per heavy atom. The first-order valence-electron chi connectivity index (χ1n) is 6.76. The van der Waals surface area contributed by atoms with Crippen molar-refractivity contribution in [3.63, 3.8) is 0 Å². The van der Waals surface area contributed by atoms with Crippen molar-refractivity contribution >= 4 is 21.9 Å². The van der Waals surface area contributed by atoms with Crippen LogP contribution < -0.4 is 10.1 Å². The number of carbonyl (C=O) groups is 1. The zero-order valence-electron chi connectivity index (χ0n) is 11.0. The highest BCUT2D eigenvalue weighted by Gasteiger charge is 2.32. The van der Waals surface area contributed by atoms with Gasteiger partial charge < -0.3 is 15.2 Å². The van der Waals surface area contributed by atoms with Crippen LogP contribution in [0.1, 0.15) is 5.56 Å². The molecule has 2 aliphatic heterocycles. The molecular weight excluding hydrogens is 324 g/mol. The second kappa shape index (κ2) is 5.71. The number of rotatable bonds is 3. The molecule has 3 rings (SSSR count). The van der Waals surface area contributed by atoms with Gasteiger partial charge in [-0.25, -0.2) is 0 Å². The fraction of sp³-hybridized carbons (Fsp3) is 0.500. The monoisotopic (exact) mass is 340 g/mol. The average Bonchev–Trinajstić information content (AvgIpc) is 2.80. The van der Waals surface area contributed by atoms with Crippen LogP contribution in [0.5, 0.6) is 5.75 Å². The Bertz CT molecular complexity index is 523. The van der Waals surface area contributed by atoms with E-state index in [4.69, 9.17) is 4.74 Å². The molecule has 5 nitrogen and oxygen atoms in total. The van der Waals surface area contributed by atoms with E-state index in [9.17, 15) is 9.90 Å². The Morgan fingerprint density at radius 1 is 1.55 bits per heavy atom. The molecule has 108 valence electrons. The first kappa shape index (κ1) is 13.9. The summed E-state index contributed by atoms with van der Waals surface area (Å²) in [5.41, 5.74) is 1.19. The third-order valence-electron chi connectivity index (χ3n) is 3.84. The second-order valence-electron chi connectivity index (χ2n) is 5.25. The minimum atomic E-state index is -0.768. The molecule has 1 aromatic rings. The molecule has 0 radical (unpaired) electrons. The predicted octanol–water partition coefficient (Wildman–Crippen LogP) is 1.11. The number of aliphatic carboxylic acids is 1. The van der Waals surface area contributed by atoms with Gasteiger partial charge in [-0.3, -0.25) is 9.69 Å². The molecule has 2 heterocycles. The molecule has 0 spiro atoms. The molecule has 2 unspecified atom stereocenters. The summed E-state index contributed by atoms with van der Waals surface area (Å²) in [5, 5.41) is 12.4. The summed E-state index contributed by atoms with van der Waals surface area (Å²) in [6, 6.07) is 5.54. The number of halogens is 1. The van der Waals surface area contributed by atoms with Crippen molar-refractivity contribution in [2.45, 2.75) is 18.6 Å². The van der Waals surface area contributed by atoms with Crippen molar-refractivity contribution in [2.75, 3.05) is 26.2 Å². The van der Waals surface area contributed by atoms with Crippen LogP contribution in [0.25, 0.3) is 0 Å². The van der Waals surface area contributed by atoms with Crippen LogP contribution in [0.4, 0.5) is 0 Å². The summed E-state index contributed by atoms with van der Waals surface area (Å²) in [5.74, 6) is 0.149. The Labute approximate surface area is 126 Å². The van der Waals surface area contributed by atoms with Crippen LogP contribution in [0.3, 0.4) is 0 Å². The number of fused-ring (bicyclic) bond motifs is 1. The zero-order valence-corrected chi connectivity index (χ0v) is 12.6. The van der Waals surface area contributed by atoms with E-state index in [1.54, 1.807) is 0 Å². The summed E-state index contributed by atoms with van der Waals surface area (Å²) in [4.78, 5) is 13.3. The second-order valence-corrected chi connectivity index (χ2v) is 6.16. The molecule has 2 atom stereocenters. The Kier molecular flexibility index (Phi) is 3.96. The van der Waals surface area contributed by atoms with E-state index in [1.807, 2.05) is 17.0 Å². The number of benzene rings is 1. The van der Waals surface area contributed by atoms with E-state index >= 15 is 0 Å². The van der Waals surface area contributed by atoms with Crippen LogP contribution in [-0.4, -0.2) is 54.3 Å². The predicted molar refractivity (Wildman–Crippen MR) is 78.1 cm³/mol. The molecule has 1 aromatic carbocycles. The molecule has 20 heavy (non-hydrogen) atoms. The molecule has 1 fully saturated rings. The molecule has 2 N–H and O–H groups in total. The van der Waals surface area contributed by atoms with E-state index < -0.39 is 12.0 Å². The van der Waals surface area contributed by atoms with E-state index in [2.05, 4.69) is 27.3 Å². The number of ether oxygens (including phenoxy) is 1. The Morgan fingerprint density at radius 2 is 2.40 bits per heavy atom. The van der Waals surface area contributed by atoms with E-state index in [0.29, 0.717) is 13.1 Å². The number of nitrogens with zero attached hydrogens (tertiary/aromatic N) is 1. The van der Waals surface area contributed by atoms with Gasteiger partial charge in [0, 0.05) is 37.1 Å². The maximum absolute atomic E-state index is 11.3. The van der Waals surface area contributed by atoms with Gasteiger partial charge in [0.1, 0.15) is 17.9 Å². The first-order chi connectivity index (χ1) is 9.63. The maximum Gasteiger partial charge on any atom is 0.322 e. The Hall–Kier alpha value is -1.11. The summed E-state index contributed by atoms with van der Waals surface area (Å²) in [6.45, 7) is 2.73. The molecule has 6 heteroatoms. The molecule has 0 amide bonds. The lowest BCUT2D eigenvalue weighted by Gasteiger charge is -2.34. The van der Waals surface area contributed by atoms with Gasteiger partial charge in [-0.15, -0.1) is 0 Å². The third-order valence-corrected chi connectivity index (χ3v) is 4.33. The average molecular weight is 341 g/mol. The molecule has 0 aliphatic carbocycles. The summed E-state index contributed by atoms with van der Waals surface area (Å²) >= 11 is 3.46. The van der Waals surface area contributed by atoms with Crippen LogP contribution >= 0.6 is 15.9 Å². The lowest BCUT2D eigenvalue weighted by atomic mass is 10.1. The lowest BCUT2D eigenvalue weighted by Crippen LogP contribution is -2.56. The number of carboxylic acids is 1. The minimum absolute atomic E-state index is 0.0410. The van der Waals surface area contributed by atoms with Gasteiger partial charge in [0.2, 0.25) is 0 Å². The van der Waals surface area contributed by atoms with Crippen molar-refractivity contribution in [2.24, 2.45) is 0 Å². The minimum Gasteiger partial charge on any atom is -0.488 e. The van der Waals surface area contributed by atoms with Gasteiger partial charge in [0.05, 0.1) is 0 Å². The molecule has 0 bridgehead atoms. The van der Waals surface area contributed by atoms with Crippen molar-refractivity contribution in [3.8, 4) is 5.75 Å². The summed E-state index contributed by atoms with van der Waals surface area (Å²) in [7, 11) is 0. The highest BCUT2D eigenvalue weighted by molar-refractivity contribution is 9.10. The normalized spacial score (nSPS) is 26.1. The van der Waals surface area contributed by atoms with E-state index in [1.165, 1.54) is 5.56 Å². The number of nitrogens with one attached hydrogen (secondary N) is 1. The van der Waals surface area contributed by atoms with Crippen molar-refractivity contribution in [1.82, 2.24) is 10.2 Å². The maximum atomic E-state index is 11.3. The largest absolute Gasteiger partial charge is 0.488 e. The SMILES string of the molecule is O=C(O)C1CNCCN1CC1Cc2cc(Br)ccc2O1. The molecule has 2 aliphatic rings. The Balaban J connectivity index is 1.66. The fourth-order valence-corrected chi connectivity index (χ4v) is 3.27. The van der Waals surface area contributed by atoms with Gasteiger partial charge >= 0.3 is 5.97 Å². The van der Waals surface area contributed by atoms with E-state index in [0.717, 1.165) is 29.7 Å². The smallest absolute Gasteiger partial charge is 0.322 e. The number of hydrogen-bond acceptors (Lipinski definition) is 4. The van der Waals surface area contributed by atoms with Crippen LogP contribution in [-0.2, 0) is 11.2 Å². The zero-order chi connectivity index (χ0) is 14.1. The van der Waals surface area contributed by atoms with Gasteiger partial charge in [-0.2, -0.15) is 0 Å².